The number of fused-ring (bicyclic) bond motifs is 2. The number of carbonyl (C=O) groups is 2. The van der Waals surface area contributed by atoms with Gasteiger partial charge in [0.25, 0.3) is 0 Å². The number of hydrogen-bond donors (Lipinski definition) is 2. The standard InChI is InChI=1S/C19H19NO6/c1-4-14(18(22)23)20-17(21)6-13-10(3)12-5-11-9(2)8-25-15(11)7-16(12)26-19(13)24/h5,7-8,14H,4,6H2,1-3H3,(H,20,21)(H,22,23)/t14-/m0/s1. The molecule has 7 heteroatoms. The van der Waals surface area contributed by atoms with Crippen molar-refractivity contribution in [3.8, 4) is 0 Å². The molecule has 3 aromatic rings. The number of benzene rings is 1. The summed E-state index contributed by atoms with van der Waals surface area (Å²) in [6.07, 6.45) is 1.64. The molecule has 0 saturated carbocycles. The summed E-state index contributed by atoms with van der Waals surface area (Å²) >= 11 is 0. The molecular weight excluding hydrogens is 338 g/mol. The van der Waals surface area contributed by atoms with Gasteiger partial charge in [-0.15, -0.1) is 0 Å². The largest absolute Gasteiger partial charge is 0.480 e. The molecule has 2 N–H and O–H groups in total. The Bertz CT molecular complexity index is 1070. The molecule has 136 valence electrons. The molecule has 0 bridgehead atoms. The van der Waals surface area contributed by atoms with E-state index in [9.17, 15) is 14.4 Å². The summed E-state index contributed by atoms with van der Waals surface area (Å²) in [6, 6.07) is 2.55. The number of furan rings is 1. The Hall–Kier alpha value is -3.09. The van der Waals surface area contributed by atoms with Gasteiger partial charge in [-0.25, -0.2) is 9.59 Å². The number of amides is 1. The van der Waals surface area contributed by atoms with Crippen LogP contribution < -0.4 is 10.9 Å². The third kappa shape index (κ3) is 3.08. The number of carboxylic acid groups (broad SMARTS) is 1. The van der Waals surface area contributed by atoms with Crippen LogP contribution in [0.5, 0.6) is 0 Å². The van der Waals surface area contributed by atoms with Crippen molar-refractivity contribution >= 4 is 33.8 Å². The van der Waals surface area contributed by atoms with Gasteiger partial charge in [-0.05, 0) is 37.5 Å². The summed E-state index contributed by atoms with van der Waals surface area (Å²) in [6.45, 7) is 5.32. The van der Waals surface area contributed by atoms with E-state index in [-0.39, 0.29) is 18.4 Å². The number of aliphatic carboxylic acids is 1. The highest BCUT2D eigenvalue weighted by Gasteiger charge is 2.21. The van der Waals surface area contributed by atoms with Gasteiger partial charge in [0.2, 0.25) is 5.91 Å². The highest BCUT2D eigenvalue weighted by molar-refractivity contribution is 5.96. The monoisotopic (exact) mass is 357 g/mol. The van der Waals surface area contributed by atoms with Crippen molar-refractivity contribution in [2.75, 3.05) is 0 Å². The fraction of sp³-hybridized carbons (Fsp3) is 0.316. The molecule has 26 heavy (non-hydrogen) atoms. The minimum absolute atomic E-state index is 0.218. The van der Waals surface area contributed by atoms with E-state index in [0.29, 0.717) is 16.7 Å². The number of carboxylic acids is 1. The zero-order chi connectivity index (χ0) is 19.0. The third-order valence-corrected chi connectivity index (χ3v) is 4.55. The maximum absolute atomic E-state index is 12.3. The number of rotatable bonds is 5. The molecule has 1 amide bonds. The Morgan fingerprint density at radius 1 is 1.19 bits per heavy atom. The number of hydrogen-bond acceptors (Lipinski definition) is 5. The second kappa shape index (κ2) is 6.67. The van der Waals surface area contributed by atoms with Crippen molar-refractivity contribution in [1.29, 1.82) is 0 Å². The van der Waals surface area contributed by atoms with Crippen LogP contribution in [0.3, 0.4) is 0 Å². The highest BCUT2D eigenvalue weighted by Crippen LogP contribution is 2.28. The second-order valence-electron chi connectivity index (χ2n) is 6.30. The van der Waals surface area contributed by atoms with Gasteiger partial charge >= 0.3 is 11.6 Å². The second-order valence-corrected chi connectivity index (χ2v) is 6.30. The smallest absolute Gasteiger partial charge is 0.340 e. The average molecular weight is 357 g/mol. The summed E-state index contributed by atoms with van der Waals surface area (Å²) in [5, 5.41) is 13.1. The third-order valence-electron chi connectivity index (χ3n) is 4.55. The van der Waals surface area contributed by atoms with Crippen molar-refractivity contribution in [2.24, 2.45) is 0 Å². The predicted molar refractivity (Wildman–Crippen MR) is 95.3 cm³/mol. The summed E-state index contributed by atoms with van der Waals surface area (Å²) in [4.78, 5) is 35.6. The first-order valence-corrected chi connectivity index (χ1v) is 8.28. The van der Waals surface area contributed by atoms with Crippen molar-refractivity contribution in [1.82, 2.24) is 5.32 Å². The maximum Gasteiger partial charge on any atom is 0.340 e. The molecular formula is C19H19NO6. The fourth-order valence-electron chi connectivity index (χ4n) is 2.99. The summed E-state index contributed by atoms with van der Waals surface area (Å²) in [5.74, 6) is -1.64. The zero-order valence-electron chi connectivity index (χ0n) is 14.7. The van der Waals surface area contributed by atoms with Crippen LogP contribution in [-0.2, 0) is 16.0 Å². The van der Waals surface area contributed by atoms with Gasteiger partial charge in [-0.3, -0.25) is 4.79 Å². The predicted octanol–water partition coefficient (Wildman–Crippen LogP) is 2.68. The van der Waals surface area contributed by atoms with E-state index >= 15 is 0 Å². The normalized spacial score (nSPS) is 12.4. The SMILES string of the molecule is CC[C@H](NC(=O)Cc1c(C)c2cc3c(C)coc3cc2oc1=O)C(=O)O. The van der Waals surface area contributed by atoms with Gasteiger partial charge in [0.05, 0.1) is 18.2 Å². The zero-order valence-corrected chi connectivity index (χ0v) is 14.7. The van der Waals surface area contributed by atoms with E-state index in [0.717, 1.165) is 16.3 Å². The number of carbonyl (C=O) groups excluding carboxylic acids is 1. The average Bonchev–Trinajstić information content (AvgIpc) is 2.95. The van der Waals surface area contributed by atoms with Gasteiger partial charge in [0, 0.05) is 16.8 Å². The molecule has 1 atom stereocenters. The molecule has 0 fully saturated rings. The van der Waals surface area contributed by atoms with Crippen LogP contribution >= 0.6 is 0 Å². The summed E-state index contributed by atoms with van der Waals surface area (Å²) < 4.78 is 10.8. The van der Waals surface area contributed by atoms with Crippen LogP contribution in [0.1, 0.15) is 30.0 Å². The van der Waals surface area contributed by atoms with Gasteiger partial charge in [-0.1, -0.05) is 6.92 Å². The first kappa shape index (κ1) is 17.7. The van der Waals surface area contributed by atoms with Gasteiger partial charge in [-0.2, -0.15) is 0 Å². The molecule has 0 spiro atoms. The molecule has 0 radical (unpaired) electrons. The molecule has 2 aromatic heterocycles. The van der Waals surface area contributed by atoms with Crippen LogP contribution in [-0.4, -0.2) is 23.0 Å². The lowest BCUT2D eigenvalue weighted by Crippen LogP contribution is -2.41. The van der Waals surface area contributed by atoms with Crippen LogP contribution in [0.2, 0.25) is 0 Å². The fourth-order valence-corrected chi connectivity index (χ4v) is 2.99. The number of aryl methyl sites for hydroxylation is 2. The van der Waals surface area contributed by atoms with Crippen LogP contribution in [0.25, 0.3) is 21.9 Å². The van der Waals surface area contributed by atoms with E-state index < -0.39 is 23.5 Å². The van der Waals surface area contributed by atoms with E-state index in [1.807, 2.05) is 13.0 Å². The Morgan fingerprint density at radius 3 is 2.58 bits per heavy atom. The summed E-state index contributed by atoms with van der Waals surface area (Å²) in [5.41, 5.74) is 2.20. The molecule has 0 unspecified atom stereocenters. The van der Waals surface area contributed by atoms with Crippen LogP contribution in [0.15, 0.2) is 32.0 Å². The topological polar surface area (TPSA) is 110 Å². The minimum Gasteiger partial charge on any atom is -0.480 e. The lowest BCUT2D eigenvalue weighted by Gasteiger charge is -2.13. The maximum atomic E-state index is 12.3. The van der Waals surface area contributed by atoms with Crippen LogP contribution in [0.4, 0.5) is 0 Å². The Labute approximate surface area is 148 Å². The minimum atomic E-state index is -1.11. The van der Waals surface area contributed by atoms with Gasteiger partial charge in [0.15, 0.2) is 0 Å². The quantitative estimate of drug-likeness (QED) is 0.679. The molecule has 0 aliphatic carbocycles. The highest BCUT2D eigenvalue weighted by atomic mass is 16.4. The van der Waals surface area contributed by atoms with E-state index in [1.165, 1.54) is 0 Å². The van der Waals surface area contributed by atoms with Crippen LogP contribution in [0, 0.1) is 13.8 Å². The van der Waals surface area contributed by atoms with E-state index in [2.05, 4.69) is 5.32 Å². The molecule has 7 nitrogen and oxygen atoms in total. The number of nitrogens with one attached hydrogen (secondary N) is 1. The van der Waals surface area contributed by atoms with Crippen molar-refractivity contribution in [3.63, 3.8) is 0 Å². The van der Waals surface area contributed by atoms with Gasteiger partial charge < -0.3 is 19.3 Å². The van der Waals surface area contributed by atoms with E-state index in [4.69, 9.17) is 13.9 Å². The Morgan fingerprint density at radius 2 is 1.92 bits per heavy atom. The lowest BCUT2D eigenvalue weighted by molar-refractivity contribution is -0.141. The van der Waals surface area contributed by atoms with Crippen molar-refractivity contribution in [3.05, 3.63) is 45.5 Å². The molecule has 0 saturated heterocycles. The first-order chi connectivity index (χ1) is 12.3. The Kier molecular flexibility index (Phi) is 4.54. The van der Waals surface area contributed by atoms with Crippen molar-refractivity contribution in [2.45, 2.75) is 39.7 Å². The van der Waals surface area contributed by atoms with Gasteiger partial charge in [0.1, 0.15) is 17.2 Å². The summed E-state index contributed by atoms with van der Waals surface area (Å²) in [7, 11) is 0. The molecule has 0 aliphatic rings. The molecule has 0 aliphatic heterocycles. The Balaban J connectivity index is 2.01. The lowest BCUT2D eigenvalue weighted by atomic mass is 10.0. The molecule has 2 heterocycles. The molecule has 1 aromatic carbocycles. The molecule has 3 rings (SSSR count). The van der Waals surface area contributed by atoms with E-state index in [1.54, 1.807) is 26.2 Å². The first-order valence-electron chi connectivity index (χ1n) is 8.28. The van der Waals surface area contributed by atoms with Crippen molar-refractivity contribution < 1.29 is 23.5 Å².